The van der Waals surface area contributed by atoms with E-state index in [0.717, 1.165) is 22.8 Å². The molecule has 0 atom stereocenters. The molecule has 0 unspecified atom stereocenters. The average molecular weight is 292 g/mol. The smallest absolute Gasteiger partial charge is 0.183 e. The zero-order valence-electron chi connectivity index (χ0n) is 13.4. The number of nitrogens with zero attached hydrogens (tertiary/aromatic N) is 4. The van der Waals surface area contributed by atoms with Gasteiger partial charge in [0, 0.05) is 6.20 Å². The SMILES string of the molecule is Cc1cccc(N=Nc2c(C(C)C)nc3cc(C)ccn23)c1. The van der Waals surface area contributed by atoms with E-state index in [1.54, 1.807) is 0 Å². The normalized spacial score (nSPS) is 11.9. The van der Waals surface area contributed by atoms with Gasteiger partial charge in [-0.15, -0.1) is 10.2 Å². The molecule has 112 valence electrons. The standard InChI is InChI=1S/C18H20N4/c1-12(2)17-18(21-20-15-7-5-6-13(3)10-15)22-9-8-14(4)11-16(22)19-17/h5-12H,1-4H3. The van der Waals surface area contributed by atoms with Gasteiger partial charge in [-0.05, 0) is 55.2 Å². The molecule has 0 saturated carbocycles. The molecular weight excluding hydrogens is 272 g/mol. The van der Waals surface area contributed by atoms with Crippen LogP contribution in [0.3, 0.4) is 0 Å². The van der Waals surface area contributed by atoms with Crippen LogP contribution in [-0.4, -0.2) is 9.38 Å². The monoisotopic (exact) mass is 292 g/mol. The van der Waals surface area contributed by atoms with Crippen LogP contribution in [0.4, 0.5) is 11.5 Å². The number of benzene rings is 1. The first-order valence-electron chi connectivity index (χ1n) is 7.51. The van der Waals surface area contributed by atoms with E-state index in [0.29, 0.717) is 5.92 Å². The topological polar surface area (TPSA) is 42.0 Å². The number of fused-ring (bicyclic) bond motifs is 1. The van der Waals surface area contributed by atoms with E-state index in [2.05, 4.69) is 56.1 Å². The molecule has 0 fully saturated rings. The van der Waals surface area contributed by atoms with Crippen molar-refractivity contribution in [3.8, 4) is 0 Å². The van der Waals surface area contributed by atoms with Crippen molar-refractivity contribution in [1.29, 1.82) is 0 Å². The van der Waals surface area contributed by atoms with Gasteiger partial charge in [0.25, 0.3) is 0 Å². The van der Waals surface area contributed by atoms with Gasteiger partial charge < -0.3 is 0 Å². The third-order valence-corrected chi connectivity index (χ3v) is 3.59. The van der Waals surface area contributed by atoms with Crippen LogP contribution >= 0.6 is 0 Å². The van der Waals surface area contributed by atoms with Gasteiger partial charge >= 0.3 is 0 Å². The van der Waals surface area contributed by atoms with Gasteiger partial charge in [-0.1, -0.05) is 26.0 Å². The molecule has 3 aromatic rings. The fourth-order valence-electron chi connectivity index (χ4n) is 2.43. The molecule has 2 aromatic heterocycles. The number of imidazole rings is 1. The summed E-state index contributed by atoms with van der Waals surface area (Å²) in [6.45, 7) is 8.37. The fraction of sp³-hybridized carbons (Fsp3) is 0.278. The summed E-state index contributed by atoms with van der Waals surface area (Å²) >= 11 is 0. The predicted molar refractivity (Wildman–Crippen MR) is 89.4 cm³/mol. The third kappa shape index (κ3) is 2.77. The summed E-state index contributed by atoms with van der Waals surface area (Å²) in [6, 6.07) is 12.1. The van der Waals surface area contributed by atoms with Crippen molar-refractivity contribution in [2.24, 2.45) is 10.2 Å². The highest BCUT2D eigenvalue weighted by molar-refractivity contribution is 5.54. The van der Waals surface area contributed by atoms with E-state index in [4.69, 9.17) is 4.98 Å². The Bertz CT molecular complexity index is 843. The van der Waals surface area contributed by atoms with Crippen molar-refractivity contribution in [2.45, 2.75) is 33.6 Å². The first-order chi connectivity index (χ1) is 10.5. The molecular formula is C18H20N4. The number of pyridine rings is 1. The molecule has 4 heteroatoms. The molecule has 0 bridgehead atoms. The Morgan fingerprint density at radius 1 is 1.00 bits per heavy atom. The quantitative estimate of drug-likeness (QED) is 0.588. The lowest BCUT2D eigenvalue weighted by Crippen LogP contribution is -1.87. The Morgan fingerprint density at radius 3 is 2.50 bits per heavy atom. The van der Waals surface area contributed by atoms with Gasteiger partial charge in [0.15, 0.2) is 5.82 Å². The van der Waals surface area contributed by atoms with Crippen LogP contribution in [-0.2, 0) is 0 Å². The van der Waals surface area contributed by atoms with Gasteiger partial charge in [0.05, 0.1) is 11.4 Å². The van der Waals surface area contributed by atoms with Crippen LogP contribution in [0.25, 0.3) is 5.65 Å². The number of azo groups is 1. The molecule has 2 heterocycles. The molecule has 0 N–H and O–H groups in total. The Labute approximate surface area is 130 Å². The fourth-order valence-corrected chi connectivity index (χ4v) is 2.43. The zero-order chi connectivity index (χ0) is 15.7. The molecule has 0 spiro atoms. The second kappa shape index (κ2) is 5.72. The molecule has 4 nitrogen and oxygen atoms in total. The van der Waals surface area contributed by atoms with E-state index in [-0.39, 0.29) is 0 Å². The van der Waals surface area contributed by atoms with Crippen molar-refractivity contribution in [1.82, 2.24) is 9.38 Å². The second-order valence-corrected chi connectivity index (χ2v) is 5.95. The second-order valence-electron chi connectivity index (χ2n) is 5.95. The predicted octanol–water partition coefficient (Wildman–Crippen LogP) is 5.49. The first kappa shape index (κ1) is 14.4. The van der Waals surface area contributed by atoms with Crippen molar-refractivity contribution >= 4 is 17.2 Å². The summed E-state index contributed by atoms with van der Waals surface area (Å²) in [6.07, 6.45) is 2.01. The first-order valence-corrected chi connectivity index (χ1v) is 7.51. The van der Waals surface area contributed by atoms with Gasteiger partial charge in [0.2, 0.25) is 0 Å². The summed E-state index contributed by atoms with van der Waals surface area (Å²) in [5, 5.41) is 8.87. The van der Waals surface area contributed by atoms with Gasteiger partial charge in [-0.25, -0.2) is 4.98 Å². The minimum atomic E-state index is 0.298. The highest BCUT2D eigenvalue weighted by Gasteiger charge is 2.14. The highest BCUT2D eigenvalue weighted by atomic mass is 15.2. The Balaban J connectivity index is 2.10. The van der Waals surface area contributed by atoms with Crippen molar-refractivity contribution < 1.29 is 0 Å². The van der Waals surface area contributed by atoms with Crippen LogP contribution in [0.15, 0.2) is 52.8 Å². The van der Waals surface area contributed by atoms with Gasteiger partial charge in [-0.3, -0.25) is 4.40 Å². The van der Waals surface area contributed by atoms with Gasteiger partial charge in [0.1, 0.15) is 5.65 Å². The van der Waals surface area contributed by atoms with Crippen molar-refractivity contribution in [3.05, 3.63) is 59.4 Å². The molecule has 1 aromatic carbocycles. The summed E-state index contributed by atoms with van der Waals surface area (Å²) in [5.41, 5.74) is 5.12. The Kier molecular flexibility index (Phi) is 3.75. The Morgan fingerprint density at radius 2 is 1.77 bits per heavy atom. The number of aromatic nitrogens is 2. The average Bonchev–Trinajstić information content (AvgIpc) is 2.83. The van der Waals surface area contributed by atoms with Crippen LogP contribution in [0.1, 0.15) is 36.6 Å². The largest absolute Gasteiger partial charge is 0.283 e. The van der Waals surface area contributed by atoms with Crippen LogP contribution in [0, 0.1) is 13.8 Å². The van der Waals surface area contributed by atoms with Crippen LogP contribution in [0.2, 0.25) is 0 Å². The number of hydrogen-bond acceptors (Lipinski definition) is 3. The number of hydrogen-bond donors (Lipinski definition) is 0. The zero-order valence-corrected chi connectivity index (χ0v) is 13.4. The minimum absolute atomic E-state index is 0.298. The lowest BCUT2D eigenvalue weighted by molar-refractivity contribution is 0.831. The van der Waals surface area contributed by atoms with E-state index in [1.807, 2.05) is 28.8 Å². The number of aryl methyl sites for hydroxylation is 2. The lowest BCUT2D eigenvalue weighted by Gasteiger charge is -2.02. The number of rotatable bonds is 3. The summed E-state index contributed by atoms with van der Waals surface area (Å²) in [4.78, 5) is 4.71. The molecule has 0 radical (unpaired) electrons. The van der Waals surface area contributed by atoms with E-state index < -0.39 is 0 Å². The lowest BCUT2D eigenvalue weighted by atomic mass is 10.1. The van der Waals surface area contributed by atoms with Gasteiger partial charge in [-0.2, -0.15) is 0 Å². The summed E-state index contributed by atoms with van der Waals surface area (Å²) in [5.74, 6) is 1.11. The van der Waals surface area contributed by atoms with E-state index in [9.17, 15) is 0 Å². The maximum Gasteiger partial charge on any atom is 0.183 e. The Hall–Kier alpha value is -2.49. The molecule has 0 saturated heterocycles. The molecule has 3 rings (SSSR count). The maximum absolute atomic E-state index is 4.71. The maximum atomic E-state index is 4.71. The van der Waals surface area contributed by atoms with E-state index >= 15 is 0 Å². The van der Waals surface area contributed by atoms with Crippen LogP contribution in [0.5, 0.6) is 0 Å². The van der Waals surface area contributed by atoms with Crippen LogP contribution < -0.4 is 0 Å². The van der Waals surface area contributed by atoms with E-state index in [1.165, 1.54) is 11.1 Å². The van der Waals surface area contributed by atoms with Crippen molar-refractivity contribution in [3.63, 3.8) is 0 Å². The van der Waals surface area contributed by atoms with Crippen molar-refractivity contribution in [2.75, 3.05) is 0 Å². The highest BCUT2D eigenvalue weighted by Crippen LogP contribution is 2.29. The molecule has 22 heavy (non-hydrogen) atoms. The molecule has 0 amide bonds. The third-order valence-electron chi connectivity index (χ3n) is 3.59. The molecule has 0 aliphatic heterocycles. The minimum Gasteiger partial charge on any atom is -0.283 e. The molecule has 0 aliphatic carbocycles. The molecule has 0 aliphatic rings. The summed E-state index contributed by atoms with van der Waals surface area (Å²) in [7, 11) is 0. The summed E-state index contributed by atoms with van der Waals surface area (Å²) < 4.78 is 2.00.